The predicted octanol–water partition coefficient (Wildman–Crippen LogP) is 4.58. The highest BCUT2D eigenvalue weighted by Gasteiger charge is 2.25. The van der Waals surface area contributed by atoms with E-state index in [-0.39, 0.29) is 11.3 Å². The van der Waals surface area contributed by atoms with Gasteiger partial charge in [0.05, 0.1) is 0 Å². The van der Waals surface area contributed by atoms with Crippen molar-refractivity contribution in [2.45, 2.75) is 33.6 Å². The number of hydrogen-bond acceptors (Lipinski definition) is 1. The van der Waals surface area contributed by atoms with Crippen molar-refractivity contribution in [1.82, 2.24) is 5.32 Å². The normalized spacial score (nSPS) is 11.4. The van der Waals surface area contributed by atoms with Crippen molar-refractivity contribution in [3.63, 3.8) is 0 Å². The SMILES string of the molecule is CCC(CC)(CBr)CNC(=O)c1ccc(C)c(Cl)c1. The molecule has 0 saturated carbocycles. The molecule has 1 aromatic carbocycles. The summed E-state index contributed by atoms with van der Waals surface area (Å²) < 4.78 is 0. The van der Waals surface area contributed by atoms with Gasteiger partial charge in [-0.15, -0.1) is 0 Å². The molecule has 0 heterocycles. The number of carbonyl (C=O) groups is 1. The average molecular weight is 347 g/mol. The summed E-state index contributed by atoms with van der Waals surface area (Å²) in [6.07, 6.45) is 2.06. The Labute approximate surface area is 129 Å². The minimum absolute atomic E-state index is 0.0610. The molecule has 2 nitrogen and oxygen atoms in total. The fraction of sp³-hybridized carbons (Fsp3) is 0.533. The number of aryl methyl sites for hydroxylation is 1. The van der Waals surface area contributed by atoms with Gasteiger partial charge in [0.2, 0.25) is 0 Å². The van der Waals surface area contributed by atoms with Crippen molar-refractivity contribution < 1.29 is 4.79 Å². The molecular weight excluding hydrogens is 326 g/mol. The van der Waals surface area contributed by atoms with Gasteiger partial charge in [-0.3, -0.25) is 4.79 Å². The molecular formula is C15H21BrClNO. The molecule has 0 bridgehead atoms. The van der Waals surface area contributed by atoms with Crippen LogP contribution in [0.3, 0.4) is 0 Å². The summed E-state index contributed by atoms with van der Waals surface area (Å²) in [6, 6.07) is 5.40. The topological polar surface area (TPSA) is 29.1 Å². The molecule has 0 aliphatic carbocycles. The van der Waals surface area contributed by atoms with Crippen molar-refractivity contribution in [3.8, 4) is 0 Å². The van der Waals surface area contributed by atoms with Crippen LogP contribution in [0.5, 0.6) is 0 Å². The van der Waals surface area contributed by atoms with Gasteiger partial charge < -0.3 is 5.32 Å². The van der Waals surface area contributed by atoms with Crippen molar-refractivity contribution in [2.75, 3.05) is 11.9 Å². The van der Waals surface area contributed by atoms with Gasteiger partial charge in [0, 0.05) is 22.5 Å². The Bertz CT molecular complexity index is 436. The minimum Gasteiger partial charge on any atom is -0.351 e. The van der Waals surface area contributed by atoms with Crippen molar-refractivity contribution in [3.05, 3.63) is 34.3 Å². The zero-order valence-electron chi connectivity index (χ0n) is 11.7. The first-order valence-electron chi connectivity index (χ1n) is 6.58. The van der Waals surface area contributed by atoms with E-state index >= 15 is 0 Å². The van der Waals surface area contributed by atoms with Crippen LogP contribution in [0.25, 0.3) is 0 Å². The van der Waals surface area contributed by atoms with Crippen LogP contribution in [0.4, 0.5) is 0 Å². The second-order valence-corrected chi connectivity index (χ2v) is 5.96. The number of hydrogen-bond donors (Lipinski definition) is 1. The van der Waals surface area contributed by atoms with Crippen LogP contribution in [0.1, 0.15) is 42.6 Å². The molecule has 19 heavy (non-hydrogen) atoms. The molecule has 0 unspecified atom stereocenters. The van der Waals surface area contributed by atoms with E-state index in [1.807, 2.05) is 19.1 Å². The van der Waals surface area contributed by atoms with E-state index in [4.69, 9.17) is 11.6 Å². The van der Waals surface area contributed by atoms with E-state index in [1.165, 1.54) is 0 Å². The molecule has 0 spiro atoms. The maximum atomic E-state index is 12.1. The second-order valence-electron chi connectivity index (χ2n) is 4.99. The Balaban J connectivity index is 2.72. The summed E-state index contributed by atoms with van der Waals surface area (Å²) in [5, 5.41) is 4.53. The highest BCUT2D eigenvalue weighted by Crippen LogP contribution is 2.28. The Morgan fingerprint density at radius 3 is 2.47 bits per heavy atom. The molecule has 1 aromatic rings. The third kappa shape index (κ3) is 4.22. The third-order valence-electron chi connectivity index (χ3n) is 3.84. The van der Waals surface area contributed by atoms with Crippen LogP contribution >= 0.6 is 27.5 Å². The summed E-state index contributed by atoms with van der Waals surface area (Å²) in [7, 11) is 0. The van der Waals surface area contributed by atoms with Crippen LogP contribution < -0.4 is 5.32 Å². The third-order valence-corrected chi connectivity index (χ3v) is 5.44. The standard InChI is InChI=1S/C15H21BrClNO/c1-4-15(5-2,9-16)10-18-14(19)12-7-6-11(3)13(17)8-12/h6-8H,4-5,9-10H2,1-3H3,(H,18,19). The van der Waals surface area contributed by atoms with Crippen LogP contribution in [-0.2, 0) is 0 Å². The first-order valence-corrected chi connectivity index (χ1v) is 8.08. The van der Waals surface area contributed by atoms with Gasteiger partial charge in [-0.05, 0) is 42.9 Å². The van der Waals surface area contributed by atoms with Crippen molar-refractivity contribution >= 4 is 33.4 Å². The van der Waals surface area contributed by atoms with Gasteiger partial charge in [-0.2, -0.15) is 0 Å². The molecule has 0 aliphatic rings. The quantitative estimate of drug-likeness (QED) is 0.751. The van der Waals surface area contributed by atoms with E-state index in [9.17, 15) is 4.79 Å². The summed E-state index contributed by atoms with van der Waals surface area (Å²) in [4.78, 5) is 12.1. The largest absolute Gasteiger partial charge is 0.351 e. The lowest BCUT2D eigenvalue weighted by Gasteiger charge is -2.29. The van der Waals surface area contributed by atoms with E-state index in [2.05, 4.69) is 35.1 Å². The van der Waals surface area contributed by atoms with E-state index < -0.39 is 0 Å². The average Bonchev–Trinajstić information content (AvgIpc) is 2.43. The van der Waals surface area contributed by atoms with Gasteiger partial charge >= 0.3 is 0 Å². The Hall–Kier alpha value is -0.540. The summed E-state index contributed by atoms with van der Waals surface area (Å²) in [5.41, 5.74) is 1.73. The first kappa shape index (κ1) is 16.5. The number of halogens is 2. The maximum absolute atomic E-state index is 12.1. The number of alkyl halides is 1. The molecule has 1 N–H and O–H groups in total. The highest BCUT2D eigenvalue weighted by atomic mass is 79.9. The predicted molar refractivity (Wildman–Crippen MR) is 85.3 cm³/mol. The molecule has 1 amide bonds. The van der Waals surface area contributed by atoms with Gasteiger partial charge in [0.25, 0.3) is 5.91 Å². The summed E-state index contributed by atoms with van der Waals surface area (Å²) >= 11 is 9.59. The molecule has 0 radical (unpaired) electrons. The summed E-state index contributed by atoms with van der Waals surface area (Å²) in [6.45, 7) is 6.91. The molecule has 0 saturated heterocycles. The van der Waals surface area contributed by atoms with E-state index in [0.717, 1.165) is 23.7 Å². The van der Waals surface area contributed by atoms with Crippen LogP contribution in [-0.4, -0.2) is 17.8 Å². The molecule has 4 heteroatoms. The van der Waals surface area contributed by atoms with Gasteiger partial charge in [0.1, 0.15) is 0 Å². The molecule has 0 atom stereocenters. The van der Waals surface area contributed by atoms with Crippen molar-refractivity contribution in [2.24, 2.45) is 5.41 Å². The molecule has 0 fully saturated rings. The number of rotatable bonds is 6. The summed E-state index contributed by atoms with van der Waals surface area (Å²) in [5.74, 6) is -0.0610. The van der Waals surface area contributed by atoms with Gasteiger partial charge in [-0.25, -0.2) is 0 Å². The van der Waals surface area contributed by atoms with Gasteiger partial charge in [0.15, 0.2) is 0 Å². The molecule has 1 rings (SSSR count). The monoisotopic (exact) mass is 345 g/mol. The highest BCUT2D eigenvalue weighted by molar-refractivity contribution is 9.09. The number of nitrogens with one attached hydrogen (secondary N) is 1. The lowest BCUT2D eigenvalue weighted by molar-refractivity contribution is 0.0932. The second kappa shape index (κ2) is 7.30. The molecule has 106 valence electrons. The number of amides is 1. The first-order chi connectivity index (χ1) is 8.98. The minimum atomic E-state index is -0.0610. The van der Waals surface area contributed by atoms with Gasteiger partial charge in [-0.1, -0.05) is 47.4 Å². The number of carbonyl (C=O) groups excluding carboxylic acids is 1. The molecule has 0 aliphatic heterocycles. The Morgan fingerprint density at radius 1 is 1.37 bits per heavy atom. The lowest BCUT2D eigenvalue weighted by Crippen LogP contribution is -2.38. The zero-order valence-corrected chi connectivity index (χ0v) is 14.1. The van der Waals surface area contributed by atoms with E-state index in [1.54, 1.807) is 6.07 Å². The lowest BCUT2D eigenvalue weighted by atomic mass is 9.84. The number of benzene rings is 1. The maximum Gasteiger partial charge on any atom is 0.251 e. The van der Waals surface area contributed by atoms with Crippen LogP contribution in [0.2, 0.25) is 5.02 Å². The molecule has 0 aromatic heterocycles. The van der Waals surface area contributed by atoms with Crippen LogP contribution in [0.15, 0.2) is 18.2 Å². The smallest absolute Gasteiger partial charge is 0.251 e. The fourth-order valence-corrected chi connectivity index (χ4v) is 3.01. The Morgan fingerprint density at radius 2 is 2.00 bits per heavy atom. The van der Waals surface area contributed by atoms with Crippen molar-refractivity contribution in [1.29, 1.82) is 0 Å². The van der Waals surface area contributed by atoms with Crippen LogP contribution in [0, 0.1) is 12.3 Å². The zero-order chi connectivity index (χ0) is 14.5. The van der Waals surface area contributed by atoms with E-state index in [0.29, 0.717) is 17.1 Å². The Kier molecular flexibility index (Phi) is 6.34. The fourth-order valence-electron chi connectivity index (χ4n) is 1.84.